The molecule has 0 fully saturated rings. The van der Waals surface area contributed by atoms with Gasteiger partial charge in [0.25, 0.3) is 5.91 Å². The Bertz CT molecular complexity index is 398. The number of nitrogens with zero attached hydrogens (tertiary/aromatic N) is 1. The van der Waals surface area contributed by atoms with Crippen LogP contribution in [0.4, 0.5) is 0 Å². The Morgan fingerprint density at radius 3 is 2.50 bits per heavy atom. The zero-order chi connectivity index (χ0) is 14.8. The molecule has 1 aromatic rings. The summed E-state index contributed by atoms with van der Waals surface area (Å²) in [4.78, 5) is 25.6. The van der Waals surface area contributed by atoms with Crippen LogP contribution in [0, 0.1) is 0 Å². The van der Waals surface area contributed by atoms with Crippen molar-refractivity contribution in [3.8, 4) is 0 Å². The molecule has 0 bridgehead atoms. The predicted molar refractivity (Wildman–Crippen MR) is 83.0 cm³/mol. The third-order valence-electron chi connectivity index (χ3n) is 2.98. The van der Waals surface area contributed by atoms with Crippen LogP contribution in [-0.4, -0.2) is 36.3 Å². The van der Waals surface area contributed by atoms with Gasteiger partial charge in [0.05, 0.1) is 0 Å². The SMILES string of the molecule is CCCN(CCC)C(=O)CCCNC(=O)c1ccsc1. The van der Waals surface area contributed by atoms with Crippen LogP contribution in [0.5, 0.6) is 0 Å². The fourth-order valence-electron chi connectivity index (χ4n) is 2.00. The van der Waals surface area contributed by atoms with E-state index in [0.29, 0.717) is 24.9 Å². The van der Waals surface area contributed by atoms with Crippen LogP contribution in [0.3, 0.4) is 0 Å². The number of amides is 2. The predicted octanol–water partition coefficient (Wildman–Crippen LogP) is 2.91. The lowest BCUT2D eigenvalue weighted by molar-refractivity contribution is -0.131. The minimum absolute atomic E-state index is 0.0577. The molecule has 112 valence electrons. The molecule has 5 heteroatoms. The van der Waals surface area contributed by atoms with Gasteiger partial charge in [0, 0.05) is 37.0 Å². The fourth-order valence-corrected chi connectivity index (χ4v) is 2.63. The van der Waals surface area contributed by atoms with Gasteiger partial charge < -0.3 is 10.2 Å². The quantitative estimate of drug-likeness (QED) is 0.712. The molecule has 1 aromatic heterocycles. The lowest BCUT2D eigenvalue weighted by Gasteiger charge is -2.21. The van der Waals surface area contributed by atoms with Gasteiger partial charge in [-0.3, -0.25) is 9.59 Å². The molecule has 2 amide bonds. The van der Waals surface area contributed by atoms with E-state index in [2.05, 4.69) is 19.2 Å². The molecule has 0 saturated heterocycles. The average Bonchev–Trinajstić information content (AvgIpc) is 2.97. The molecule has 0 atom stereocenters. The monoisotopic (exact) mass is 296 g/mol. The summed E-state index contributed by atoms with van der Waals surface area (Å²) < 4.78 is 0. The van der Waals surface area contributed by atoms with Crippen molar-refractivity contribution in [2.75, 3.05) is 19.6 Å². The van der Waals surface area contributed by atoms with E-state index in [4.69, 9.17) is 0 Å². The number of carbonyl (C=O) groups excluding carboxylic acids is 2. The van der Waals surface area contributed by atoms with Crippen molar-refractivity contribution in [1.82, 2.24) is 10.2 Å². The van der Waals surface area contributed by atoms with Gasteiger partial charge >= 0.3 is 0 Å². The molecule has 0 aromatic carbocycles. The summed E-state index contributed by atoms with van der Waals surface area (Å²) in [7, 11) is 0. The Morgan fingerprint density at radius 1 is 1.25 bits per heavy atom. The summed E-state index contributed by atoms with van der Waals surface area (Å²) in [6, 6.07) is 1.80. The highest BCUT2D eigenvalue weighted by molar-refractivity contribution is 7.08. The first-order valence-corrected chi connectivity index (χ1v) is 8.21. The lowest BCUT2D eigenvalue weighted by Crippen LogP contribution is -2.33. The largest absolute Gasteiger partial charge is 0.352 e. The molecule has 1 N–H and O–H groups in total. The van der Waals surface area contributed by atoms with Gasteiger partial charge in [-0.05, 0) is 30.7 Å². The molecule has 0 aliphatic heterocycles. The maximum atomic E-state index is 12.0. The summed E-state index contributed by atoms with van der Waals surface area (Å²) in [5.74, 6) is 0.135. The molecule has 0 spiro atoms. The van der Waals surface area contributed by atoms with Gasteiger partial charge in [0.2, 0.25) is 5.91 Å². The fraction of sp³-hybridized carbons (Fsp3) is 0.600. The number of carbonyl (C=O) groups is 2. The van der Waals surface area contributed by atoms with Gasteiger partial charge in [0.1, 0.15) is 0 Å². The Hall–Kier alpha value is -1.36. The molecule has 0 saturated carbocycles. The minimum Gasteiger partial charge on any atom is -0.352 e. The van der Waals surface area contributed by atoms with Crippen LogP contribution >= 0.6 is 11.3 Å². The van der Waals surface area contributed by atoms with E-state index in [1.54, 1.807) is 6.07 Å². The van der Waals surface area contributed by atoms with Crippen LogP contribution < -0.4 is 5.32 Å². The highest BCUT2D eigenvalue weighted by Gasteiger charge is 2.11. The van der Waals surface area contributed by atoms with E-state index in [9.17, 15) is 9.59 Å². The summed E-state index contributed by atoms with van der Waals surface area (Å²) in [5.41, 5.74) is 0.694. The first-order chi connectivity index (χ1) is 9.69. The molecule has 0 aliphatic carbocycles. The Kier molecular flexibility index (Phi) is 7.95. The molecular formula is C15H24N2O2S. The normalized spacial score (nSPS) is 10.3. The van der Waals surface area contributed by atoms with Gasteiger partial charge in [-0.1, -0.05) is 13.8 Å². The maximum absolute atomic E-state index is 12.0. The van der Waals surface area contributed by atoms with Crippen molar-refractivity contribution in [2.45, 2.75) is 39.5 Å². The van der Waals surface area contributed by atoms with Crippen molar-refractivity contribution in [1.29, 1.82) is 0 Å². The van der Waals surface area contributed by atoms with Crippen molar-refractivity contribution in [3.63, 3.8) is 0 Å². The van der Waals surface area contributed by atoms with E-state index in [0.717, 1.165) is 25.9 Å². The lowest BCUT2D eigenvalue weighted by atomic mass is 10.2. The third kappa shape index (κ3) is 5.74. The molecule has 1 heterocycles. The summed E-state index contributed by atoms with van der Waals surface area (Å²) >= 11 is 1.51. The van der Waals surface area contributed by atoms with Gasteiger partial charge in [-0.25, -0.2) is 0 Å². The first kappa shape index (κ1) is 16.7. The zero-order valence-electron chi connectivity index (χ0n) is 12.4. The van der Waals surface area contributed by atoms with Gasteiger partial charge in [-0.2, -0.15) is 11.3 Å². The third-order valence-corrected chi connectivity index (χ3v) is 3.66. The summed E-state index contributed by atoms with van der Waals surface area (Å²) in [6.07, 6.45) is 3.17. The summed E-state index contributed by atoms with van der Waals surface area (Å²) in [5, 5.41) is 6.55. The first-order valence-electron chi connectivity index (χ1n) is 7.27. The molecule has 0 aliphatic rings. The van der Waals surface area contributed by atoms with Crippen LogP contribution in [0.15, 0.2) is 16.8 Å². The molecule has 0 radical (unpaired) electrons. The van der Waals surface area contributed by atoms with E-state index in [1.807, 2.05) is 15.7 Å². The Balaban J connectivity index is 2.22. The number of rotatable bonds is 9. The van der Waals surface area contributed by atoms with Crippen molar-refractivity contribution in [2.24, 2.45) is 0 Å². The van der Waals surface area contributed by atoms with Crippen LogP contribution in [-0.2, 0) is 4.79 Å². The average molecular weight is 296 g/mol. The Morgan fingerprint density at radius 2 is 1.95 bits per heavy atom. The topological polar surface area (TPSA) is 49.4 Å². The van der Waals surface area contributed by atoms with E-state index >= 15 is 0 Å². The maximum Gasteiger partial charge on any atom is 0.252 e. The highest BCUT2D eigenvalue weighted by atomic mass is 32.1. The molecule has 1 rings (SSSR count). The second kappa shape index (κ2) is 9.53. The molecular weight excluding hydrogens is 272 g/mol. The van der Waals surface area contributed by atoms with Crippen LogP contribution in [0.1, 0.15) is 49.9 Å². The van der Waals surface area contributed by atoms with E-state index in [-0.39, 0.29) is 11.8 Å². The van der Waals surface area contributed by atoms with Crippen LogP contribution in [0.25, 0.3) is 0 Å². The standard InChI is InChI=1S/C15H24N2O2S/c1-3-9-17(10-4-2)14(18)6-5-8-16-15(19)13-7-11-20-12-13/h7,11-12H,3-6,8-10H2,1-2H3,(H,16,19). The van der Waals surface area contributed by atoms with E-state index in [1.165, 1.54) is 11.3 Å². The second-order valence-electron chi connectivity index (χ2n) is 4.75. The zero-order valence-corrected chi connectivity index (χ0v) is 13.2. The molecule has 0 unspecified atom stereocenters. The van der Waals surface area contributed by atoms with Gasteiger partial charge in [0.15, 0.2) is 0 Å². The molecule has 4 nitrogen and oxygen atoms in total. The van der Waals surface area contributed by atoms with Crippen molar-refractivity contribution in [3.05, 3.63) is 22.4 Å². The number of thiophene rings is 1. The number of hydrogen-bond donors (Lipinski definition) is 1. The van der Waals surface area contributed by atoms with Crippen LogP contribution in [0.2, 0.25) is 0 Å². The van der Waals surface area contributed by atoms with Gasteiger partial charge in [-0.15, -0.1) is 0 Å². The number of hydrogen-bond acceptors (Lipinski definition) is 3. The Labute approximate surface area is 125 Å². The smallest absolute Gasteiger partial charge is 0.252 e. The second-order valence-corrected chi connectivity index (χ2v) is 5.53. The van der Waals surface area contributed by atoms with Crippen molar-refractivity contribution >= 4 is 23.2 Å². The highest BCUT2D eigenvalue weighted by Crippen LogP contribution is 2.05. The number of nitrogens with one attached hydrogen (secondary N) is 1. The van der Waals surface area contributed by atoms with E-state index < -0.39 is 0 Å². The molecule has 20 heavy (non-hydrogen) atoms. The minimum atomic E-state index is -0.0577. The summed E-state index contributed by atoms with van der Waals surface area (Å²) in [6.45, 7) is 6.36. The van der Waals surface area contributed by atoms with Crippen molar-refractivity contribution < 1.29 is 9.59 Å².